The number of rotatable bonds is 5. The highest BCUT2D eigenvalue weighted by Crippen LogP contribution is 2.22. The third-order valence-electron chi connectivity index (χ3n) is 3.74. The molecule has 0 saturated carbocycles. The molecular weight excluding hydrogens is 256 g/mol. The Hall–Kier alpha value is -1.96. The van der Waals surface area contributed by atoms with Gasteiger partial charge in [-0.3, -0.25) is 0 Å². The van der Waals surface area contributed by atoms with Crippen LogP contribution < -0.4 is 11.1 Å². The van der Waals surface area contributed by atoms with Gasteiger partial charge in [0.25, 0.3) is 0 Å². The van der Waals surface area contributed by atoms with Crippen LogP contribution in [-0.2, 0) is 11.8 Å². The number of hydrogen-bond donors (Lipinski definition) is 2. The number of aryl methyl sites for hydroxylation is 1. The molecular formula is C19H26N2. The Bertz CT molecular complexity index is 565. The van der Waals surface area contributed by atoms with Crippen molar-refractivity contribution in [1.29, 1.82) is 0 Å². The maximum atomic E-state index is 5.91. The van der Waals surface area contributed by atoms with Crippen LogP contribution in [0.15, 0.2) is 48.5 Å². The van der Waals surface area contributed by atoms with Crippen molar-refractivity contribution in [3.05, 3.63) is 59.7 Å². The quantitative estimate of drug-likeness (QED) is 0.621. The van der Waals surface area contributed by atoms with Gasteiger partial charge in [-0.1, -0.05) is 57.2 Å². The van der Waals surface area contributed by atoms with Crippen LogP contribution in [0.4, 0.5) is 11.4 Å². The highest BCUT2D eigenvalue weighted by atomic mass is 14.9. The third kappa shape index (κ3) is 4.52. The lowest BCUT2D eigenvalue weighted by molar-refractivity contribution is 0.590. The summed E-state index contributed by atoms with van der Waals surface area (Å²) in [7, 11) is 0. The van der Waals surface area contributed by atoms with Crippen LogP contribution in [0.5, 0.6) is 0 Å². The third-order valence-corrected chi connectivity index (χ3v) is 3.74. The summed E-state index contributed by atoms with van der Waals surface area (Å²) in [6.07, 6.45) is 2.19. The first kappa shape index (κ1) is 15.4. The van der Waals surface area contributed by atoms with E-state index in [0.717, 1.165) is 30.8 Å². The highest BCUT2D eigenvalue weighted by Gasteiger charge is 2.12. The fraction of sp³-hybridized carbons (Fsp3) is 0.368. The van der Waals surface area contributed by atoms with Gasteiger partial charge in [-0.15, -0.1) is 0 Å². The van der Waals surface area contributed by atoms with Gasteiger partial charge in [-0.05, 0) is 41.5 Å². The summed E-state index contributed by atoms with van der Waals surface area (Å²) in [5, 5.41) is 3.39. The van der Waals surface area contributed by atoms with Crippen LogP contribution in [0.3, 0.4) is 0 Å². The van der Waals surface area contributed by atoms with Gasteiger partial charge >= 0.3 is 0 Å². The molecule has 0 aliphatic rings. The summed E-state index contributed by atoms with van der Waals surface area (Å²) >= 11 is 0. The largest absolute Gasteiger partial charge is 0.397 e. The molecule has 3 N–H and O–H groups in total. The number of benzene rings is 2. The van der Waals surface area contributed by atoms with Crippen molar-refractivity contribution in [1.82, 2.24) is 0 Å². The lowest BCUT2D eigenvalue weighted by Crippen LogP contribution is -2.10. The van der Waals surface area contributed by atoms with E-state index in [1.54, 1.807) is 0 Å². The molecule has 0 heterocycles. The SMILES string of the molecule is CC(C)(C)c1ccc(CCCNc2ccccc2N)cc1. The zero-order chi connectivity index (χ0) is 15.3. The second-order valence-corrected chi connectivity index (χ2v) is 6.56. The van der Waals surface area contributed by atoms with Gasteiger partial charge in [0.15, 0.2) is 0 Å². The molecule has 0 amide bonds. The zero-order valence-electron chi connectivity index (χ0n) is 13.3. The number of hydrogen-bond acceptors (Lipinski definition) is 2. The van der Waals surface area contributed by atoms with E-state index in [-0.39, 0.29) is 5.41 Å². The second kappa shape index (κ2) is 6.66. The smallest absolute Gasteiger partial charge is 0.0573 e. The lowest BCUT2D eigenvalue weighted by Gasteiger charge is -2.19. The Morgan fingerprint density at radius 3 is 2.24 bits per heavy atom. The van der Waals surface area contributed by atoms with Crippen molar-refractivity contribution in [2.45, 2.75) is 39.0 Å². The first-order valence-electron chi connectivity index (χ1n) is 7.64. The van der Waals surface area contributed by atoms with Crippen molar-refractivity contribution in [2.75, 3.05) is 17.6 Å². The van der Waals surface area contributed by atoms with Gasteiger partial charge in [0.2, 0.25) is 0 Å². The van der Waals surface area contributed by atoms with Gasteiger partial charge in [0, 0.05) is 6.54 Å². The molecule has 2 rings (SSSR count). The van der Waals surface area contributed by atoms with E-state index >= 15 is 0 Å². The monoisotopic (exact) mass is 282 g/mol. The number of nitrogens with one attached hydrogen (secondary N) is 1. The Morgan fingerprint density at radius 2 is 1.62 bits per heavy atom. The second-order valence-electron chi connectivity index (χ2n) is 6.56. The van der Waals surface area contributed by atoms with E-state index in [1.807, 2.05) is 24.3 Å². The van der Waals surface area contributed by atoms with Gasteiger partial charge in [-0.2, -0.15) is 0 Å². The van der Waals surface area contributed by atoms with E-state index in [4.69, 9.17) is 5.73 Å². The summed E-state index contributed by atoms with van der Waals surface area (Å²) in [6.45, 7) is 7.68. The summed E-state index contributed by atoms with van der Waals surface area (Å²) in [5.74, 6) is 0. The molecule has 112 valence electrons. The van der Waals surface area contributed by atoms with Crippen LogP contribution in [0.2, 0.25) is 0 Å². The number of nitrogens with two attached hydrogens (primary N) is 1. The standard InChI is InChI=1S/C19H26N2/c1-19(2,3)16-12-10-15(11-13-16)7-6-14-21-18-9-5-4-8-17(18)20/h4-5,8-13,21H,6-7,14,20H2,1-3H3. The molecule has 0 unspecified atom stereocenters. The van der Waals surface area contributed by atoms with Crippen molar-refractivity contribution < 1.29 is 0 Å². The molecule has 0 bridgehead atoms. The van der Waals surface area contributed by atoms with E-state index in [2.05, 4.69) is 50.4 Å². The summed E-state index contributed by atoms with van der Waals surface area (Å²) in [4.78, 5) is 0. The first-order chi connectivity index (χ1) is 9.97. The Kier molecular flexibility index (Phi) is 4.89. The summed E-state index contributed by atoms with van der Waals surface area (Å²) in [5.41, 5.74) is 10.8. The molecule has 2 nitrogen and oxygen atoms in total. The number of nitrogen functional groups attached to an aromatic ring is 1. The summed E-state index contributed by atoms with van der Waals surface area (Å²) in [6, 6.07) is 16.9. The molecule has 0 spiro atoms. The maximum Gasteiger partial charge on any atom is 0.0573 e. The predicted octanol–water partition coefficient (Wildman–Crippen LogP) is 4.61. The Labute approximate surface area is 128 Å². The van der Waals surface area contributed by atoms with Gasteiger partial charge < -0.3 is 11.1 Å². The van der Waals surface area contributed by atoms with Crippen LogP contribution in [-0.4, -0.2) is 6.54 Å². The minimum atomic E-state index is 0.227. The fourth-order valence-corrected chi connectivity index (χ4v) is 2.34. The highest BCUT2D eigenvalue weighted by molar-refractivity contribution is 5.65. The van der Waals surface area contributed by atoms with Crippen LogP contribution in [0, 0.1) is 0 Å². The molecule has 21 heavy (non-hydrogen) atoms. The fourth-order valence-electron chi connectivity index (χ4n) is 2.34. The molecule has 0 saturated heterocycles. The average molecular weight is 282 g/mol. The molecule has 2 aromatic carbocycles. The molecule has 0 aliphatic carbocycles. The minimum absolute atomic E-state index is 0.227. The number of anilines is 2. The Balaban J connectivity index is 1.80. The first-order valence-corrected chi connectivity index (χ1v) is 7.64. The topological polar surface area (TPSA) is 38.0 Å². The van der Waals surface area contributed by atoms with Gasteiger partial charge in [-0.25, -0.2) is 0 Å². The van der Waals surface area contributed by atoms with E-state index in [0.29, 0.717) is 0 Å². The van der Waals surface area contributed by atoms with Gasteiger partial charge in [0.05, 0.1) is 11.4 Å². The molecule has 0 aromatic heterocycles. The van der Waals surface area contributed by atoms with Crippen LogP contribution in [0.1, 0.15) is 38.3 Å². The van der Waals surface area contributed by atoms with E-state index in [9.17, 15) is 0 Å². The molecule has 0 radical (unpaired) electrons. The predicted molar refractivity (Wildman–Crippen MR) is 92.8 cm³/mol. The normalized spacial score (nSPS) is 11.4. The van der Waals surface area contributed by atoms with Crippen LogP contribution in [0.25, 0.3) is 0 Å². The van der Waals surface area contributed by atoms with Crippen molar-refractivity contribution in [3.63, 3.8) is 0 Å². The van der Waals surface area contributed by atoms with Crippen molar-refractivity contribution in [3.8, 4) is 0 Å². The average Bonchev–Trinajstić information content (AvgIpc) is 2.45. The molecule has 0 aliphatic heterocycles. The molecule has 0 atom stereocenters. The van der Waals surface area contributed by atoms with Crippen molar-refractivity contribution in [2.24, 2.45) is 0 Å². The minimum Gasteiger partial charge on any atom is -0.397 e. The molecule has 0 fully saturated rings. The number of para-hydroxylation sites is 2. The van der Waals surface area contributed by atoms with Gasteiger partial charge in [0.1, 0.15) is 0 Å². The lowest BCUT2D eigenvalue weighted by atomic mass is 9.86. The van der Waals surface area contributed by atoms with E-state index < -0.39 is 0 Å². The zero-order valence-corrected chi connectivity index (χ0v) is 13.3. The van der Waals surface area contributed by atoms with Crippen molar-refractivity contribution >= 4 is 11.4 Å². The molecule has 2 aromatic rings. The van der Waals surface area contributed by atoms with E-state index in [1.165, 1.54) is 11.1 Å². The maximum absolute atomic E-state index is 5.91. The summed E-state index contributed by atoms with van der Waals surface area (Å²) < 4.78 is 0. The van der Waals surface area contributed by atoms with Crippen LogP contribution >= 0.6 is 0 Å². The Morgan fingerprint density at radius 1 is 0.952 bits per heavy atom. The molecule has 2 heteroatoms.